The van der Waals surface area contributed by atoms with Crippen LogP contribution in [0.2, 0.25) is 0 Å². The quantitative estimate of drug-likeness (QED) is 0.582. The zero-order chi connectivity index (χ0) is 9.90. The van der Waals surface area contributed by atoms with Crippen LogP contribution in [-0.4, -0.2) is 55.0 Å². The number of carbonyl (C=O) groups excluding carboxylic acids is 1. The number of hydrogen-bond donors (Lipinski definition) is 2. The Hall–Kier alpha value is -0.810. The Morgan fingerprint density at radius 2 is 2.31 bits per heavy atom. The molecule has 1 fully saturated rings. The lowest BCUT2D eigenvalue weighted by Crippen LogP contribution is -2.63. The van der Waals surface area contributed by atoms with Crippen LogP contribution >= 0.6 is 0 Å². The second kappa shape index (κ2) is 3.93. The van der Waals surface area contributed by atoms with E-state index in [4.69, 9.17) is 4.74 Å². The number of ether oxygens (including phenoxy) is 1. The molecule has 0 bridgehead atoms. The predicted octanol–water partition coefficient (Wildman–Crippen LogP) is -0.591. The number of nitrogens with zero attached hydrogens (tertiary/aromatic N) is 1. The average Bonchev–Trinajstić information content (AvgIpc) is 2.00. The molecule has 0 atom stereocenters. The zero-order valence-electron chi connectivity index (χ0n) is 8.04. The van der Waals surface area contributed by atoms with E-state index in [9.17, 15) is 9.90 Å². The summed E-state index contributed by atoms with van der Waals surface area (Å²) in [5.41, 5.74) is -0.696. The van der Waals surface area contributed by atoms with E-state index >= 15 is 0 Å². The Balaban J connectivity index is 2.12. The molecular formula is C8H16N2O3. The molecule has 0 aliphatic carbocycles. The molecule has 5 nitrogen and oxygen atoms in total. The summed E-state index contributed by atoms with van der Waals surface area (Å²) < 4.78 is 4.78. The van der Waals surface area contributed by atoms with Crippen molar-refractivity contribution in [1.82, 2.24) is 10.2 Å². The van der Waals surface area contributed by atoms with Crippen molar-refractivity contribution in [3.05, 3.63) is 0 Å². The fourth-order valence-electron chi connectivity index (χ4n) is 1.29. The van der Waals surface area contributed by atoms with Crippen molar-refractivity contribution >= 4 is 6.03 Å². The molecule has 0 unspecified atom stereocenters. The van der Waals surface area contributed by atoms with Crippen LogP contribution in [0.4, 0.5) is 4.79 Å². The molecule has 0 aromatic rings. The van der Waals surface area contributed by atoms with Gasteiger partial charge in [0.1, 0.15) is 0 Å². The van der Waals surface area contributed by atoms with Crippen LogP contribution in [0.1, 0.15) is 6.92 Å². The monoisotopic (exact) mass is 188 g/mol. The van der Waals surface area contributed by atoms with Crippen LogP contribution < -0.4 is 5.32 Å². The molecule has 2 amide bonds. The number of methoxy groups -OCH3 is 1. The summed E-state index contributed by atoms with van der Waals surface area (Å²) >= 11 is 0. The van der Waals surface area contributed by atoms with E-state index < -0.39 is 5.60 Å². The fourth-order valence-corrected chi connectivity index (χ4v) is 1.29. The molecule has 1 rings (SSSR count). The van der Waals surface area contributed by atoms with Crippen molar-refractivity contribution in [2.75, 3.05) is 33.4 Å². The topological polar surface area (TPSA) is 61.8 Å². The highest BCUT2D eigenvalue weighted by Gasteiger charge is 2.39. The molecule has 0 aromatic heterocycles. The number of aliphatic hydroxyl groups is 1. The third-order valence-corrected chi connectivity index (χ3v) is 1.93. The van der Waals surface area contributed by atoms with Gasteiger partial charge in [-0.15, -0.1) is 0 Å². The van der Waals surface area contributed by atoms with Crippen LogP contribution in [0.3, 0.4) is 0 Å². The normalized spacial score (nSPS) is 19.5. The van der Waals surface area contributed by atoms with Gasteiger partial charge in [0.05, 0.1) is 25.3 Å². The van der Waals surface area contributed by atoms with Crippen molar-refractivity contribution in [2.45, 2.75) is 12.5 Å². The number of urea groups is 1. The minimum atomic E-state index is -0.696. The lowest BCUT2D eigenvalue weighted by atomic mass is 9.98. The molecule has 13 heavy (non-hydrogen) atoms. The van der Waals surface area contributed by atoms with Gasteiger partial charge in [0.15, 0.2) is 0 Å². The predicted molar refractivity (Wildman–Crippen MR) is 47.5 cm³/mol. The third kappa shape index (κ3) is 2.86. The Morgan fingerprint density at radius 1 is 1.69 bits per heavy atom. The van der Waals surface area contributed by atoms with E-state index in [2.05, 4.69) is 5.32 Å². The minimum Gasteiger partial charge on any atom is -0.386 e. The van der Waals surface area contributed by atoms with Crippen molar-refractivity contribution < 1.29 is 14.6 Å². The molecule has 0 spiro atoms. The van der Waals surface area contributed by atoms with E-state index in [0.29, 0.717) is 26.2 Å². The Bertz CT molecular complexity index is 186. The van der Waals surface area contributed by atoms with Gasteiger partial charge in [-0.05, 0) is 6.92 Å². The van der Waals surface area contributed by atoms with Crippen LogP contribution in [0.5, 0.6) is 0 Å². The fraction of sp³-hybridized carbons (Fsp3) is 0.875. The minimum absolute atomic E-state index is 0.136. The molecule has 1 aliphatic rings. The maximum atomic E-state index is 11.2. The number of nitrogens with one attached hydrogen (secondary N) is 1. The number of β-amino-alcohol motifs (C(OH)–C–C–N with tert-alkyl or cyclic N) is 1. The van der Waals surface area contributed by atoms with E-state index in [-0.39, 0.29) is 6.03 Å². The highest BCUT2D eigenvalue weighted by atomic mass is 16.5. The summed E-state index contributed by atoms with van der Waals surface area (Å²) in [6.07, 6.45) is 0. The van der Waals surface area contributed by atoms with Gasteiger partial charge < -0.3 is 20.1 Å². The lowest BCUT2D eigenvalue weighted by Gasteiger charge is -2.43. The standard InChI is InChI=1S/C8H16N2O3/c1-8(12)5-10(6-8)7(11)9-3-4-13-2/h12H,3-6H2,1-2H3,(H,9,11). The van der Waals surface area contributed by atoms with E-state index in [1.165, 1.54) is 0 Å². The lowest BCUT2D eigenvalue weighted by molar-refractivity contribution is -0.0607. The van der Waals surface area contributed by atoms with Crippen molar-refractivity contribution in [3.8, 4) is 0 Å². The smallest absolute Gasteiger partial charge is 0.317 e. The molecule has 0 radical (unpaired) electrons. The Kier molecular flexibility index (Phi) is 3.11. The van der Waals surface area contributed by atoms with Gasteiger partial charge >= 0.3 is 6.03 Å². The molecule has 76 valence electrons. The largest absolute Gasteiger partial charge is 0.386 e. The molecule has 2 N–H and O–H groups in total. The molecule has 1 saturated heterocycles. The summed E-state index contributed by atoms with van der Waals surface area (Å²) in [5.74, 6) is 0. The van der Waals surface area contributed by atoms with E-state index in [1.54, 1.807) is 18.9 Å². The first-order valence-corrected chi connectivity index (χ1v) is 4.29. The summed E-state index contributed by atoms with van der Waals surface area (Å²) in [6.45, 7) is 3.55. The van der Waals surface area contributed by atoms with Gasteiger partial charge in [0.25, 0.3) is 0 Å². The number of amides is 2. The van der Waals surface area contributed by atoms with Crippen LogP contribution in [0.25, 0.3) is 0 Å². The van der Waals surface area contributed by atoms with Crippen molar-refractivity contribution in [3.63, 3.8) is 0 Å². The molecular weight excluding hydrogens is 172 g/mol. The van der Waals surface area contributed by atoms with Crippen LogP contribution in [-0.2, 0) is 4.74 Å². The number of carbonyl (C=O) groups is 1. The Labute approximate surface area is 77.7 Å². The Morgan fingerprint density at radius 3 is 2.77 bits per heavy atom. The van der Waals surface area contributed by atoms with Gasteiger partial charge in [-0.2, -0.15) is 0 Å². The summed E-state index contributed by atoms with van der Waals surface area (Å²) in [5, 5.41) is 12.0. The number of rotatable bonds is 3. The second-order valence-corrected chi connectivity index (χ2v) is 3.58. The highest BCUT2D eigenvalue weighted by Crippen LogP contribution is 2.18. The van der Waals surface area contributed by atoms with E-state index in [0.717, 1.165) is 0 Å². The first-order chi connectivity index (χ1) is 6.05. The van der Waals surface area contributed by atoms with Gasteiger partial charge in [-0.3, -0.25) is 0 Å². The molecule has 1 aliphatic heterocycles. The number of likely N-dealkylation sites (tertiary alicyclic amines) is 1. The van der Waals surface area contributed by atoms with Crippen LogP contribution in [0.15, 0.2) is 0 Å². The maximum absolute atomic E-state index is 11.2. The highest BCUT2D eigenvalue weighted by molar-refractivity contribution is 5.75. The van der Waals surface area contributed by atoms with Gasteiger partial charge in [0.2, 0.25) is 0 Å². The number of hydrogen-bond acceptors (Lipinski definition) is 3. The summed E-state index contributed by atoms with van der Waals surface area (Å²) in [7, 11) is 1.58. The van der Waals surface area contributed by atoms with Gasteiger partial charge in [0, 0.05) is 13.7 Å². The first kappa shape index (κ1) is 10.3. The van der Waals surface area contributed by atoms with E-state index in [1.807, 2.05) is 0 Å². The zero-order valence-corrected chi connectivity index (χ0v) is 8.04. The molecule has 0 saturated carbocycles. The average molecular weight is 188 g/mol. The molecule has 5 heteroatoms. The second-order valence-electron chi connectivity index (χ2n) is 3.58. The molecule has 0 aromatic carbocycles. The van der Waals surface area contributed by atoms with Gasteiger partial charge in [-0.25, -0.2) is 4.79 Å². The maximum Gasteiger partial charge on any atom is 0.317 e. The van der Waals surface area contributed by atoms with Crippen molar-refractivity contribution in [2.24, 2.45) is 0 Å². The SMILES string of the molecule is COCCNC(=O)N1CC(C)(O)C1. The van der Waals surface area contributed by atoms with Crippen LogP contribution in [0, 0.1) is 0 Å². The first-order valence-electron chi connectivity index (χ1n) is 4.29. The summed E-state index contributed by atoms with van der Waals surface area (Å²) in [4.78, 5) is 12.8. The molecule has 1 heterocycles. The third-order valence-electron chi connectivity index (χ3n) is 1.93. The summed E-state index contributed by atoms with van der Waals surface area (Å²) in [6, 6.07) is -0.136. The van der Waals surface area contributed by atoms with Crippen molar-refractivity contribution in [1.29, 1.82) is 0 Å². The van der Waals surface area contributed by atoms with Gasteiger partial charge in [-0.1, -0.05) is 0 Å².